The van der Waals surface area contributed by atoms with Crippen LogP contribution in [0.1, 0.15) is 67.2 Å². The second-order valence-electron chi connectivity index (χ2n) is 4.08. The molecule has 0 aromatic heterocycles. The summed E-state index contributed by atoms with van der Waals surface area (Å²) in [6.07, 6.45) is 4.01. The normalized spacial score (nSPS) is 8.53. The van der Waals surface area contributed by atoms with E-state index in [1.54, 1.807) is 6.92 Å². The maximum Gasteiger partial charge on any atom is 0.130 e. The van der Waals surface area contributed by atoms with Crippen LogP contribution >= 0.6 is 0 Å². The number of aliphatic hydroxyl groups is 1. The molecule has 0 amide bonds. The smallest absolute Gasteiger partial charge is 0.130 e. The number of aliphatic hydroxyl groups excluding tert-OH is 1. The van der Waals surface area contributed by atoms with E-state index in [2.05, 4.69) is 20.8 Å². The van der Waals surface area contributed by atoms with Crippen LogP contribution in [0.25, 0.3) is 0 Å². The number of ketones is 1. The standard InChI is InChI=1S/C6H12O.C4H10O.C3H8/c1-5(2)4-6(3)7;1-2-3-4-5;1-3-2/h5H,4H2,1-3H3;5H,2-4H2,1H3;3H2,1-2H3. The lowest BCUT2D eigenvalue weighted by Gasteiger charge is -1.95. The third-order valence-corrected chi connectivity index (χ3v) is 1.21. The number of carbonyl (C=O) groups excluding carboxylic acids is 1. The molecule has 0 aromatic carbocycles. The van der Waals surface area contributed by atoms with Gasteiger partial charge in [0.05, 0.1) is 0 Å². The molecule has 0 aliphatic carbocycles. The number of rotatable bonds is 4. The molecule has 0 spiro atoms. The van der Waals surface area contributed by atoms with Gasteiger partial charge in [0.2, 0.25) is 0 Å². The zero-order valence-electron chi connectivity index (χ0n) is 11.5. The summed E-state index contributed by atoms with van der Waals surface area (Å²) < 4.78 is 0. The van der Waals surface area contributed by atoms with Crippen molar-refractivity contribution in [3.63, 3.8) is 0 Å². The van der Waals surface area contributed by atoms with Crippen molar-refractivity contribution in [2.24, 2.45) is 5.92 Å². The van der Waals surface area contributed by atoms with E-state index in [1.165, 1.54) is 6.42 Å². The van der Waals surface area contributed by atoms with Crippen LogP contribution in [0.5, 0.6) is 0 Å². The zero-order chi connectivity index (χ0) is 12.7. The summed E-state index contributed by atoms with van der Waals surface area (Å²) in [5.41, 5.74) is 0. The largest absolute Gasteiger partial charge is 0.396 e. The van der Waals surface area contributed by atoms with Crippen LogP contribution in [0.2, 0.25) is 0 Å². The minimum atomic E-state index is 0.287. The SMILES string of the molecule is CC(=O)CC(C)C.CCC.CCCCO. The molecule has 94 valence electrons. The molecular formula is C13H30O2. The lowest BCUT2D eigenvalue weighted by Crippen LogP contribution is -1.95. The molecule has 0 saturated heterocycles. The highest BCUT2D eigenvalue weighted by Gasteiger charge is 1.95. The third kappa shape index (κ3) is 58.2. The summed E-state index contributed by atoms with van der Waals surface area (Å²) in [5, 5.41) is 8.07. The van der Waals surface area contributed by atoms with Crippen LogP contribution in [0.3, 0.4) is 0 Å². The number of carbonyl (C=O) groups is 1. The summed E-state index contributed by atoms with van der Waals surface area (Å²) in [4.78, 5) is 10.3. The number of Topliss-reactive ketones (excluding diaryl/α,β-unsaturated/α-hetero) is 1. The molecule has 0 saturated carbocycles. The summed E-state index contributed by atoms with van der Waals surface area (Å²) in [7, 11) is 0. The first-order valence-corrected chi connectivity index (χ1v) is 6.06. The molecule has 2 heteroatoms. The van der Waals surface area contributed by atoms with Crippen molar-refractivity contribution < 1.29 is 9.90 Å². The van der Waals surface area contributed by atoms with Gasteiger partial charge in [-0.1, -0.05) is 47.5 Å². The van der Waals surface area contributed by atoms with Crippen molar-refractivity contribution >= 4 is 5.78 Å². The van der Waals surface area contributed by atoms with Crippen molar-refractivity contribution in [3.8, 4) is 0 Å². The van der Waals surface area contributed by atoms with E-state index in [-0.39, 0.29) is 5.78 Å². The highest BCUT2D eigenvalue weighted by Crippen LogP contribution is 1.97. The van der Waals surface area contributed by atoms with Gasteiger partial charge in [-0.05, 0) is 19.3 Å². The Kier molecular flexibility index (Phi) is 25.8. The highest BCUT2D eigenvalue weighted by molar-refractivity contribution is 5.75. The third-order valence-electron chi connectivity index (χ3n) is 1.21. The van der Waals surface area contributed by atoms with Gasteiger partial charge in [0, 0.05) is 13.0 Å². The zero-order valence-corrected chi connectivity index (χ0v) is 11.5. The Balaban J connectivity index is -0.000000158. The van der Waals surface area contributed by atoms with Crippen molar-refractivity contribution in [1.82, 2.24) is 0 Å². The van der Waals surface area contributed by atoms with Crippen LogP contribution in [0.15, 0.2) is 0 Å². The van der Waals surface area contributed by atoms with Gasteiger partial charge < -0.3 is 9.90 Å². The summed E-state index contributed by atoms with van der Waals surface area (Å²) in [6, 6.07) is 0. The number of unbranched alkanes of at least 4 members (excludes halogenated alkanes) is 1. The Morgan fingerprint density at radius 1 is 1.20 bits per heavy atom. The van der Waals surface area contributed by atoms with Gasteiger partial charge in [-0.25, -0.2) is 0 Å². The average Bonchev–Trinajstić information content (AvgIpc) is 2.05. The van der Waals surface area contributed by atoms with Crippen LogP contribution < -0.4 is 0 Å². The molecule has 0 aliphatic heterocycles. The fraction of sp³-hybridized carbons (Fsp3) is 0.923. The first kappa shape index (κ1) is 20.1. The molecule has 0 unspecified atom stereocenters. The Morgan fingerprint density at radius 2 is 1.60 bits per heavy atom. The second kappa shape index (κ2) is 19.2. The lowest BCUT2D eigenvalue weighted by atomic mass is 10.1. The van der Waals surface area contributed by atoms with Crippen LogP contribution in [-0.2, 0) is 4.79 Å². The molecular weight excluding hydrogens is 188 g/mol. The number of hydrogen-bond donors (Lipinski definition) is 1. The van der Waals surface area contributed by atoms with Crippen LogP contribution in [0, 0.1) is 5.92 Å². The maximum atomic E-state index is 10.3. The minimum Gasteiger partial charge on any atom is -0.396 e. The Labute approximate surface area is 96.1 Å². The van der Waals surface area contributed by atoms with E-state index < -0.39 is 0 Å². The molecule has 0 rings (SSSR count). The Morgan fingerprint density at radius 3 is 1.60 bits per heavy atom. The Bertz CT molecular complexity index is 107. The van der Waals surface area contributed by atoms with Gasteiger partial charge in [0.1, 0.15) is 5.78 Å². The molecule has 1 N–H and O–H groups in total. The molecule has 0 aromatic rings. The summed E-state index contributed by atoms with van der Waals surface area (Å²) in [6.45, 7) is 12.4. The van der Waals surface area contributed by atoms with Crippen molar-refractivity contribution in [2.75, 3.05) is 6.61 Å². The van der Waals surface area contributed by atoms with Gasteiger partial charge in [0.15, 0.2) is 0 Å². The molecule has 0 bridgehead atoms. The van der Waals surface area contributed by atoms with E-state index in [0.29, 0.717) is 12.5 Å². The average molecular weight is 218 g/mol. The molecule has 2 nitrogen and oxygen atoms in total. The predicted molar refractivity (Wildman–Crippen MR) is 68.1 cm³/mol. The summed E-state index contributed by atoms with van der Waals surface area (Å²) in [5.74, 6) is 0.813. The molecule has 0 atom stereocenters. The second-order valence-corrected chi connectivity index (χ2v) is 4.08. The predicted octanol–water partition coefficient (Wildman–Crippen LogP) is 3.82. The molecule has 15 heavy (non-hydrogen) atoms. The van der Waals surface area contributed by atoms with Crippen molar-refractivity contribution in [1.29, 1.82) is 0 Å². The van der Waals surface area contributed by atoms with E-state index in [4.69, 9.17) is 5.11 Å². The lowest BCUT2D eigenvalue weighted by molar-refractivity contribution is -0.117. The molecule has 0 aliphatic rings. The van der Waals surface area contributed by atoms with Gasteiger partial charge in [-0.3, -0.25) is 0 Å². The van der Waals surface area contributed by atoms with Crippen LogP contribution in [0.4, 0.5) is 0 Å². The fourth-order valence-electron chi connectivity index (χ4n) is 0.733. The van der Waals surface area contributed by atoms with Gasteiger partial charge in [-0.15, -0.1) is 0 Å². The van der Waals surface area contributed by atoms with E-state index in [0.717, 1.165) is 19.3 Å². The van der Waals surface area contributed by atoms with E-state index in [9.17, 15) is 4.79 Å². The summed E-state index contributed by atoms with van der Waals surface area (Å²) >= 11 is 0. The van der Waals surface area contributed by atoms with Crippen molar-refractivity contribution in [3.05, 3.63) is 0 Å². The molecule has 0 heterocycles. The number of hydrogen-bond acceptors (Lipinski definition) is 2. The van der Waals surface area contributed by atoms with Crippen LogP contribution in [-0.4, -0.2) is 17.5 Å². The quantitative estimate of drug-likeness (QED) is 0.779. The first-order chi connectivity index (χ1) is 6.95. The highest BCUT2D eigenvalue weighted by atomic mass is 16.2. The first-order valence-electron chi connectivity index (χ1n) is 6.06. The van der Waals surface area contributed by atoms with Gasteiger partial charge in [0.25, 0.3) is 0 Å². The van der Waals surface area contributed by atoms with Crippen molar-refractivity contribution in [2.45, 2.75) is 67.2 Å². The topological polar surface area (TPSA) is 37.3 Å². The molecule has 0 fully saturated rings. The maximum absolute atomic E-state index is 10.3. The van der Waals surface area contributed by atoms with Gasteiger partial charge in [-0.2, -0.15) is 0 Å². The molecule has 0 radical (unpaired) electrons. The van der Waals surface area contributed by atoms with Gasteiger partial charge >= 0.3 is 0 Å². The monoisotopic (exact) mass is 218 g/mol. The van der Waals surface area contributed by atoms with E-state index >= 15 is 0 Å². The fourth-order valence-corrected chi connectivity index (χ4v) is 0.733. The Hall–Kier alpha value is -0.370. The minimum absolute atomic E-state index is 0.287. The van der Waals surface area contributed by atoms with E-state index in [1.807, 2.05) is 13.8 Å².